The van der Waals surface area contributed by atoms with Gasteiger partial charge >= 0.3 is 0 Å². The number of halogens is 4. The van der Waals surface area contributed by atoms with Gasteiger partial charge in [0.05, 0.1) is 11.1 Å². The summed E-state index contributed by atoms with van der Waals surface area (Å²) in [5, 5.41) is 8.41. The van der Waals surface area contributed by atoms with Crippen LogP contribution in [0.1, 0.15) is 24.8 Å². The summed E-state index contributed by atoms with van der Waals surface area (Å²) in [7, 11) is 0. The first-order chi connectivity index (χ1) is 14.8. The third-order valence-electron chi connectivity index (χ3n) is 4.76. The Labute approximate surface area is 182 Å². The van der Waals surface area contributed by atoms with Gasteiger partial charge < -0.3 is 20.7 Å². The van der Waals surface area contributed by atoms with Gasteiger partial charge in [0.25, 0.3) is 12.3 Å². The first-order valence-corrected chi connectivity index (χ1v) is 9.99. The van der Waals surface area contributed by atoms with Gasteiger partial charge in [-0.25, -0.2) is 13.2 Å². The summed E-state index contributed by atoms with van der Waals surface area (Å²) in [4.78, 5) is 24.4. The molecule has 2 amide bonds. The van der Waals surface area contributed by atoms with Gasteiger partial charge in [0, 0.05) is 29.9 Å². The molecule has 1 aliphatic rings. The minimum Gasteiger partial charge on any atom is -0.484 e. The molecule has 2 aromatic rings. The van der Waals surface area contributed by atoms with Crippen molar-refractivity contribution in [3.63, 3.8) is 0 Å². The molecular formula is C21H21ClF3N3O3. The second-order valence-electron chi connectivity index (χ2n) is 7.08. The van der Waals surface area contributed by atoms with Crippen LogP contribution in [0.25, 0.3) is 0 Å². The molecule has 2 unspecified atom stereocenters. The van der Waals surface area contributed by atoms with Crippen molar-refractivity contribution in [2.75, 3.05) is 18.5 Å². The minimum atomic E-state index is -2.61. The van der Waals surface area contributed by atoms with E-state index < -0.39 is 18.3 Å². The summed E-state index contributed by atoms with van der Waals surface area (Å²) in [6.45, 7) is 0.0679. The first-order valence-electron chi connectivity index (χ1n) is 9.61. The van der Waals surface area contributed by atoms with E-state index in [2.05, 4.69) is 16.0 Å². The highest BCUT2D eigenvalue weighted by molar-refractivity contribution is 6.30. The molecule has 2 aromatic carbocycles. The largest absolute Gasteiger partial charge is 0.484 e. The van der Waals surface area contributed by atoms with E-state index in [0.29, 0.717) is 25.1 Å². The maximum absolute atomic E-state index is 13.4. The average molecular weight is 456 g/mol. The van der Waals surface area contributed by atoms with Gasteiger partial charge in [-0.1, -0.05) is 23.7 Å². The number of anilines is 1. The van der Waals surface area contributed by atoms with Gasteiger partial charge in [0.1, 0.15) is 11.6 Å². The van der Waals surface area contributed by atoms with Gasteiger partial charge in [-0.2, -0.15) is 0 Å². The van der Waals surface area contributed by atoms with E-state index in [9.17, 15) is 22.8 Å². The van der Waals surface area contributed by atoms with Crippen molar-refractivity contribution in [3.05, 3.63) is 58.9 Å². The maximum atomic E-state index is 13.4. The number of hydrogen-bond acceptors (Lipinski definition) is 4. The van der Waals surface area contributed by atoms with Crippen molar-refractivity contribution < 1.29 is 27.5 Å². The van der Waals surface area contributed by atoms with Gasteiger partial charge in [0.2, 0.25) is 5.91 Å². The summed E-state index contributed by atoms with van der Waals surface area (Å²) in [6.07, 6.45) is -1.62. The lowest BCUT2D eigenvalue weighted by atomic mass is 10.00. The lowest BCUT2D eigenvalue weighted by molar-refractivity contribution is -0.124. The summed E-state index contributed by atoms with van der Waals surface area (Å²) >= 11 is 5.60. The molecule has 1 aliphatic heterocycles. The number of hydrogen-bond donors (Lipinski definition) is 3. The number of amides is 2. The number of carbonyl (C=O) groups is 2. The van der Waals surface area contributed by atoms with E-state index in [4.69, 9.17) is 16.3 Å². The minimum absolute atomic E-state index is 0.0367. The predicted molar refractivity (Wildman–Crippen MR) is 110 cm³/mol. The molecule has 1 heterocycles. The molecule has 0 radical (unpaired) electrons. The summed E-state index contributed by atoms with van der Waals surface area (Å²) < 4.78 is 44.2. The summed E-state index contributed by atoms with van der Waals surface area (Å²) in [6, 6.07) is 8.71. The summed E-state index contributed by atoms with van der Waals surface area (Å²) in [5.41, 5.74) is 0.136. The topological polar surface area (TPSA) is 79.5 Å². The molecule has 3 rings (SSSR count). The molecule has 10 heteroatoms. The second-order valence-corrected chi connectivity index (χ2v) is 7.49. The standard InChI is InChI=1S/C21H21ClF3N3O3/c22-16-6-5-15(9-17(16)23)31-11-19(29)27-14-4-7-18(26-10-14)21(30)28-13-3-1-2-12(8-13)20(24)25/h1-3,5-6,8-9,14,18,20,26H,4,7,10-11H2,(H,27,29)(H,28,30). The van der Waals surface area contributed by atoms with Crippen LogP contribution in [0.4, 0.5) is 18.9 Å². The van der Waals surface area contributed by atoms with Crippen molar-refractivity contribution in [2.45, 2.75) is 31.4 Å². The highest BCUT2D eigenvalue weighted by Crippen LogP contribution is 2.22. The highest BCUT2D eigenvalue weighted by Gasteiger charge is 2.26. The van der Waals surface area contributed by atoms with Crippen LogP contribution in [0.2, 0.25) is 5.02 Å². The Hall–Kier alpha value is -2.78. The Balaban J connectivity index is 1.41. The molecule has 3 N–H and O–H groups in total. The monoisotopic (exact) mass is 455 g/mol. The Bertz CT molecular complexity index is 937. The van der Waals surface area contributed by atoms with Crippen molar-refractivity contribution in [2.24, 2.45) is 0 Å². The Morgan fingerprint density at radius 2 is 2.00 bits per heavy atom. The number of piperidine rings is 1. The van der Waals surface area contributed by atoms with Gasteiger partial charge in [-0.3, -0.25) is 9.59 Å². The molecule has 0 bridgehead atoms. The Morgan fingerprint density at radius 1 is 1.19 bits per heavy atom. The molecule has 0 aromatic heterocycles. The predicted octanol–water partition coefficient (Wildman–Crippen LogP) is 3.67. The zero-order chi connectivity index (χ0) is 22.4. The molecule has 2 atom stereocenters. The number of rotatable bonds is 7. The van der Waals surface area contributed by atoms with E-state index in [0.717, 1.165) is 6.07 Å². The average Bonchev–Trinajstić information content (AvgIpc) is 2.75. The zero-order valence-electron chi connectivity index (χ0n) is 16.3. The normalized spacial score (nSPS) is 18.5. The zero-order valence-corrected chi connectivity index (χ0v) is 17.1. The molecule has 6 nitrogen and oxygen atoms in total. The third-order valence-corrected chi connectivity index (χ3v) is 5.07. The number of benzene rings is 2. The first kappa shape index (κ1) is 22.9. The van der Waals surface area contributed by atoms with Crippen molar-refractivity contribution in [3.8, 4) is 5.75 Å². The van der Waals surface area contributed by atoms with Gasteiger partial charge in [-0.15, -0.1) is 0 Å². The van der Waals surface area contributed by atoms with Crippen LogP contribution in [-0.4, -0.2) is 37.0 Å². The van der Waals surface area contributed by atoms with Crippen LogP contribution < -0.4 is 20.7 Å². The molecule has 0 aliphatic carbocycles. The fourth-order valence-corrected chi connectivity index (χ4v) is 3.29. The van der Waals surface area contributed by atoms with Crippen LogP contribution in [0.15, 0.2) is 42.5 Å². The molecule has 0 saturated carbocycles. The summed E-state index contributed by atoms with van der Waals surface area (Å²) in [5.74, 6) is -1.16. The Kier molecular flexibility index (Phi) is 7.75. The number of alkyl halides is 2. The van der Waals surface area contributed by atoms with E-state index in [-0.39, 0.29) is 40.8 Å². The molecule has 166 valence electrons. The fraction of sp³-hybridized carbons (Fsp3) is 0.333. The quantitative estimate of drug-likeness (QED) is 0.595. The fourth-order valence-electron chi connectivity index (χ4n) is 3.17. The van der Waals surface area contributed by atoms with E-state index >= 15 is 0 Å². The van der Waals surface area contributed by atoms with Crippen molar-refractivity contribution in [1.29, 1.82) is 0 Å². The van der Waals surface area contributed by atoms with Crippen LogP contribution in [0, 0.1) is 5.82 Å². The lowest BCUT2D eigenvalue weighted by Crippen LogP contribution is -2.53. The Morgan fingerprint density at radius 3 is 2.68 bits per heavy atom. The van der Waals surface area contributed by atoms with Crippen LogP contribution in [-0.2, 0) is 9.59 Å². The number of nitrogens with one attached hydrogen (secondary N) is 3. The lowest BCUT2D eigenvalue weighted by Gasteiger charge is -2.29. The molecule has 31 heavy (non-hydrogen) atoms. The highest BCUT2D eigenvalue weighted by atomic mass is 35.5. The smallest absolute Gasteiger partial charge is 0.263 e. The van der Waals surface area contributed by atoms with E-state index in [1.165, 1.54) is 30.3 Å². The second kappa shape index (κ2) is 10.5. The van der Waals surface area contributed by atoms with Crippen LogP contribution in [0.3, 0.4) is 0 Å². The number of ether oxygens (including phenoxy) is 1. The van der Waals surface area contributed by atoms with Crippen LogP contribution in [0.5, 0.6) is 5.75 Å². The molecule has 1 saturated heterocycles. The van der Waals surface area contributed by atoms with Crippen molar-refractivity contribution >= 4 is 29.1 Å². The van der Waals surface area contributed by atoms with Gasteiger partial charge in [0.15, 0.2) is 6.61 Å². The molecule has 0 spiro atoms. The van der Waals surface area contributed by atoms with E-state index in [1.54, 1.807) is 6.07 Å². The molecular weight excluding hydrogens is 435 g/mol. The third kappa shape index (κ3) is 6.60. The molecule has 1 fully saturated rings. The van der Waals surface area contributed by atoms with Crippen molar-refractivity contribution in [1.82, 2.24) is 10.6 Å². The number of carbonyl (C=O) groups excluding carboxylic acids is 2. The van der Waals surface area contributed by atoms with Crippen LogP contribution >= 0.6 is 11.6 Å². The van der Waals surface area contributed by atoms with Gasteiger partial charge in [-0.05, 0) is 37.1 Å². The van der Waals surface area contributed by atoms with E-state index in [1.807, 2.05) is 0 Å². The SMILES string of the molecule is O=C(COc1ccc(Cl)c(F)c1)NC1CCC(C(=O)Nc2cccc(C(F)F)c2)NC1. The maximum Gasteiger partial charge on any atom is 0.263 e.